The average Bonchev–Trinajstić information content (AvgIpc) is 3.46. The normalized spacial score (nSPS) is 20.2. The molecule has 2 atom stereocenters. The van der Waals surface area contributed by atoms with Crippen molar-refractivity contribution < 1.29 is 19.1 Å². The molecule has 6 nitrogen and oxygen atoms in total. The van der Waals surface area contributed by atoms with Crippen molar-refractivity contribution in [3.63, 3.8) is 0 Å². The van der Waals surface area contributed by atoms with E-state index >= 15 is 0 Å². The number of ether oxygens (including phenoxy) is 2. The topological polar surface area (TPSA) is 59.1 Å². The molecule has 0 spiro atoms. The first-order valence-electron chi connectivity index (χ1n) is 10.8. The van der Waals surface area contributed by atoms with Crippen molar-refractivity contribution in [1.82, 2.24) is 0 Å². The summed E-state index contributed by atoms with van der Waals surface area (Å²) in [6.07, 6.45) is 0. The third-order valence-electron chi connectivity index (χ3n) is 5.91. The maximum atomic E-state index is 12.7. The zero-order chi connectivity index (χ0) is 23.7. The minimum atomic E-state index is -0.110. The third kappa shape index (κ3) is 4.23. The number of anilines is 2. The number of hydrogen-bond acceptors (Lipinski definition) is 6. The number of carbonyl (C=O) groups excluding carboxylic acids is 2. The van der Waals surface area contributed by atoms with Crippen LogP contribution >= 0.6 is 23.5 Å². The summed E-state index contributed by atoms with van der Waals surface area (Å²) in [5, 5.41) is -0.220. The molecule has 2 fully saturated rings. The second kappa shape index (κ2) is 9.64. The number of hydrogen-bond donors (Lipinski definition) is 0. The van der Waals surface area contributed by atoms with Crippen molar-refractivity contribution in [2.75, 3.05) is 35.5 Å². The second-order valence-electron chi connectivity index (χ2n) is 7.92. The van der Waals surface area contributed by atoms with E-state index in [0.717, 1.165) is 34.0 Å². The van der Waals surface area contributed by atoms with Crippen LogP contribution in [0, 0.1) is 0 Å². The van der Waals surface area contributed by atoms with Crippen LogP contribution in [0.3, 0.4) is 0 Å². The Morgan fingerprint density at radius 3 is 1.47 bits per heavy atom. The third-order valence-corrected chi connectivity index (χ3v) is 8.33. The van der Waals surface area contributed by atoms with Gasteiger partial charge < -0.3 is 9.47 Å². The highest BCUT2D eigenvalue weighted by atomic mass is 32.2. The van der Waals surface area contributed by atoms with Crippen molar-refractivity contribution in [2.45, 2.75) is 10.7 Å². The molecule has 2 aliphatic heterocycles. The molecule has 2 saturated heterocycles. The monoisotopic (exact) mass is 492 g/mol. The maximum absolute atomic E-state index is 12.7. The van der Waals surface area contributed by atoms with Crippen LogP contribution in [0.25, 0.3) is 0 Å². The summed E-state index contributed by atoms with van der Waals surface area (Å²) in [5.74, 6) is 2.45. The van der Waals surface area contributed by atoms with Gasteiger partial charge in [-0.1, -0.05) is 36.4 Å². The SMILES string of the molecule is COc1cccc(N2C(=O)CS[C@@H]2c2ccc([C@@H]3SCC(=O)N3c3cccc(OC)c3)cc2)c1. The number of nitrogens with zero attached hydrogens (tertiary/aromatic N) is 2. The molecule has 2 aliphatic rings. The number of rotatable bonds is 6. The number of amides is 2. The first kappa shape index (κ1) is 22.7. The van der Waals surface area contributed by atoms with E-state index in [9.17, 15) is 9.59 Å². The lowest BCUT2D eigenvalue weighted by molar-refractivity contribution is -0.116. The Labute approximate surface area is 207 Å². The van der Waals surface area contributed by atoms with E-state index in [2.05, 4.69) is 24.3 Å². The molecule has 8 heteroatoms. The molecule has 3 aromatic rings. The maximum Gasteiger partial charge on any atom is 0.238 e. The average molecular weight is 493 g/mol. The van der Waals surface area contributed by atoms with Gasteiger partial charge in [-0.2, -0.15) is 0 Å². The number of thioether (sulfide) groups is 2. The van der Waals surface area contributed by atoms with E-state index in [0.29, 0.717) is 11.5 Å². The van der Waals surface area contributed by atoms with Gasteiger partial charge in [-0.05, 0) is 35.4 Å². The highest BCUT2D eigenvalue weighted by Crippen LogP contribution is 2.45. The van der Waals surface area contributed by atoms with Gasteiger partial charge in [0.05, 0.1) is 25.7 Å². The molecular weight excluding hydrogens is 468 g/mol. The number of methoxy groups -OCH3 is 2. The largest absolute Gasteiger partial charge is 0.497 e. The number of carbonyl (C=O) groups is 2. The van der Waals surface area contributed by atoms with Crippen LogP contribution in [0.2, 0.25) is 0 Å². The summed E-state index contributed by atoms with van der Waals surface area (Å²) in [6, 6.07) is 23.4. The van der Waals surface area contributed by atoms with Crippen LogP contribution in [-0.4, -0.2) is 37.5 Å². The molecular formula is C26H24N2O4S2. The summed E-state index contributed by atoms with van der Waals surface area (Å²) >= 11 is 3.22. The van der Waals surface area contributed by atoms with Gasteiger partial charge in [-0.3, -0.25) is 19.4 Å². The molecule has 0 bridgehead atoms. The molecule has 174 valence electrons. The van der Waals surface area contributed by atoms with Crippen molar-refractivity contribution in [3.05, 3.63) is 83.9 Å². The van der Waals surface area contributed by atoms with Crippen LogP contribution < -0.4 is 19.3 Å². The van der Waals surface area contributed by atoms with E-state index in [4.69, 9.17) is 9.47 Å². The van der Waals surface area contributed by atoms with Crippen molar-refractivity contribution >= 4 is 46.7 Å². The summed E-state index contributed by atoms with van der Waals surface area (Å²) in [4.78, 5) is 29.1. The van der Waals surface area contributed by atoms with E-state index < -0.39 is 0 Å². The van der Waals surface area contributed by atoms with Gasteiger partial charge in [0.15, 0.2) is 0 Å². The molecule has 3 aromatic carbocycles. The van der Waals surface area contributed by atoms with Crippen LogP contribution in [0.1, 0.15) is 21.9 Å². The number of benzene rings is 3. The van der Waals surface area contributed by atoms with E-state index in [-0.39, 0.29) is 22.6 Å². The first-order valence-corrected chi connectivity index (χ1v) is 12.9. The first-order chi connectivity index (χ1) is 16.6. The van der Waals surface area contributed by atoms with Gasteiger partial charge in [0.25, 0.3) is 0 Å². The minimum Gasteiger partial charge on any atom is -0.497 e. The highest BCUT2D eigenvalue weighted by Gasteiger charge is 2.36. The lowest BCUT2D eigenvalue weighted by atomic mass is 10.1. The van der Waals surface area contributed by atoms with Crippen molar-refractivity contribution in [2.24, 2.45) is 0 Å². The highest BCUT2D eigenvalue weighted by molar-refractivity contribution is 8.01. The smallest absolute Gasteiger partial charge is 0.238 e. The lowest BCUT2D eigenvalue weighted by Crippen LogP contribution is -2.28. The molecule has 34 heavy (non-hydrogen) atoms. The lowest BCUT2D eigenvalue weighted by Gasteiger charge is -2.27. The molecule has 0 aromatic heterocycles. The predicted octanol–water partition coefficient (Wildman–Crippen LogP) is 5.26. The fourth-order valence-electron chi connectivity index (χ4n) is 4.25. The predicted molar refractivity (Wildman–Crippen MR) is 138 cm³/mol. The Morgan fingerprint density at radius 2 is 1.09 bits per heavy atom. The van der Waals surface area contributed by atoms with Gasteiger partial charge in [0.1, 0.15) is 22.2 Å². The molecule has 0 unspecified atom stereocenters. The van der Waals surface area contributed by atoms with Crippen molar-refractivity contribution in [1.29, 1.82) is 0 Å². The van der Waals surface area contributed by atoms with Crippen LogP contribution in [0.5, 0.6) is 11.5 Å². The molecule has 0 N–H and O–H groups in total. The van der Waals surface area contributed by atoms with E-state index in [1.165, 1.54) is 0 Å². The fraction of sp³-hybridized carbons (Fsp3) is 0.231. The van der Waals surface area contributed by atoms with Gasteiger partial charge in [-0.25, -0.2) is 0 Å². The summed E-state index contributed by atoms with van der Waals surface area (Å²) in [5.41, 5.74) is 3.74. The zero-order valence-electron chi connectivity index (χ0n) is 18.8. The molecule has 0 radical (unpaired) electrons. The Morgan fingerprint density at radius 1 is 0.676 bits per heavy atom. The summed E-state index contributed by atoms with van der Waals surface area (Å²) in [6.45, 7) is 0. The Kier molecular flexibility index (Phi) is 6.43. The Balaban J connectivity index is 1.41. The summed E-state index contributed by atoms with van der Waals surface area (Å²) < 4.78 is 10.7. The van der Waals surface area contributed by atoms with Crippen LogP contribution in [0.15, 0.2) is 72.8 Å². The van der Waals surface area contributed by atoms with Gasteiger partial charge >= 0.3 is 0 Å². The quantitative estimate of drug-likeness (QED) is 0.468. The molecule has 2 heterocycles. The molecule has 2 amide bonds. The molecule has 0 saturated carbocycles. The summed E-state index contributed by atoms with van der Waals surface area (Å²) in [7, 11) is 3.24. The fourth-order valence-corrected chi connectivity index (χ4v) is 6.60. The minimum absolute atomic E-state index is 0.0773. The van der Waals surface area contributed by atoms with Gasteiger partial charge in [0.2, 0.25) is 11.8 Å². The second-order valence-corrected chi connectivity index (χ2v) is 10.1. The zero-order valence-corrected chi connectivity index (χ0v) is 20.5. The molecule has 5 rings (SSSR count). The molecule has 0 aliphatic carbocycles. The van der Waals surface area contributed by atoms with Crippen LogP contribution in [0.4, 0.5) is 11.4 Å². The van der Waals surface area contributed by atoms with Crippen molar-refractivity contribution in [3.8, 4) is 11.5 Å². The van der Waals surface area contributed by atoms with E-state index in [1.54, 1.807) is 37.7 Å². The van der Waals surface area contributed by atoms with E-state index in [1.807, 2.05) is 58.3 Å². The van der Waals surface area contributed by atoms with Gasteiger partial charge in [0, 0.05) is 23.5 Å². The van der Waals surface area contributed by atoms with Gasteiger partial charge in [-0.15, -0.1) is 23.5 Å². The Hall–Kier alpha value is -3.10. The Bertz CT molecular complexity index is 1120. The standard InChI is InChI=1S/C26H24N2O4S2/c1-31-21-7-3-5-19(13-21)27-23(29)15-33-25(27)17-9-11-18(12-10-17)26-28(24(30)16-34-26)20-6-4-8-22(14-20)32-2/h3-14,25-26H,15-16H2,1-2H3/t25-,26+. The van der Waals surface area contributed by atoms with Crippen LogP contribution in [-0.2, 0) is 9.59 Å².